The quantitative estimate of drug-likeness (QED) is 0.634. The Morgan fingerprint density at radius 2 is 1.59 bits per heavy atom. The Kier molecular flexibility index (Phi) is 11.3. The molecule has 0 aromatic rings. The van der Waals surface area contributed by atoms with Crippen molar-refractivity contribution in [1.82, 2.24) is 4.90 Å². The summed E-state index contributed by atoms with van der Waals surface area (Å²) in [6, 6.07) is 0.606. The monoisotopic (exact) mass is 241 g/mol. The molecule has 0 saturated heterocycles. The van der Waals surface area contributed by atoms with E-state index >= 15 is 0 Å². The van der Waals surface area contributed by atoms with Crippen molar-refractivity contribution in [2.45, 2.75) is 54.4 Å². The summed E-state index contributed by atoms with van der Waals surface area (Å²) in [6.07, 6.45) is 0. The van der Waals surface area contributed by atoms with Crippen LogP contribution >= 0.6 is 0 Å². The van der Waals surface area contributed by atoms with Crippen LogP contribution in [0.4, 0.5) is 0 Å². The summed E-state index contributed by atoms with van der Waals surface area (Å²) in [4.78, 5) is 2.37. The van der Waals surface area contributed by atoms with Gasteiger partial charge in [0.05, 0.1) is 14.5 Å². The second kappa shape index (κ2) is 9.96. The molecule has 3 heteroatoms. The summed E-state index contributed by atoms with van der Waals surface area (Å²) in [6.45, 7) is 17.7. The highest BCUT2D eigenvalue weighted by molar-refractivity contribution is 6.05. The lowest BCUT2D eigenvalue weighted by Gasteiger charge is -2.32. The van der Waals surface area contributed by atoms with Crippen molar-refractivity contribution in [2.24, 2.45) is 11.3 Å². The Balaban J connectivity index is 0. The molecule has 0 fully saturated rings. The molecular formula is C14H32BNO. The molecule has 2 nitrogen and oxygen atoms in total. The van der Waals surface area contributed by atoms with Gasteiger partial charge in [0, 0.05) is 24.6 Å². The summed E-state index contributed by atoms with van der Waals surface area (Å²) in [5.41, 5.74) is 0.244. The topological polar surface area (TPSA) is 12.5 Å². The number of hydrogen-bond acceptors (Lipinski definition) is 2. The minimum Gasteiger partial charge on any atom is -0.381 e. The molecule has 0 heterocycles. The van der Waals surface area contributed by atoms with Crippen LogP contribution in [0.3, 0.4) is 0 Å². The third-order valence-electron chi connectivity index (χ3n) is 2.50. The molecule has 0 atom stereocenters. The first-order chi connectivity index (χ1) is 7.74. The fourth-order valence-corrected chi connectivity index (χ4v) is 1.47. The first-order valence-corrected chi connectivity index (χ1v) is 6.60. The van der Waals surface area contributed by atoms with E-state index in [0.717, 1.165) is 19.8 Å². The summed E-state index contributed by atoms with van der Waals surface area (Å²) < 4.78 is 5.71. The molecule has 0 spiro atoms. The third kappa shape index (κ3) is 12.2. The Bertz CT molecular complexity index is 170. The zero-order valence-electron chi connectivity index (χ0n) is 13.2. The van der Waals surface area contributed by atoms with Crippen LogP contribution in [0.15, 0.2) is 0 Å². The van der Waals surface area contributed by atoms with Gasteiger partial charge in [0.25, 0.3) is 0 Å². The minimum absolute atomic E-state index is 0.244. The number of nitrogens with zero attached hydrogens (tertiary/aromatic N) is 1. The summed E-state index contributed by atoms with van der Waals surface area (Å²) in [5, 5.41) is 0. The van der Waals surface area contributed by atoms with E-state index in [0.29, 0.717) is 12.0 Å². The first kappa shape index (κ1) is 19.3. The van der Waals surface area contributed by atoms with Crippen LogP contribution < -0.4 is 0 Å². The fourth-order valence-electron chi connectivity index (χ4n) is 1.47. The van der Waals surface area contributed by atoms with E-state index in [1.807, 2.05) is 0 Å². The molecule has 0 bridgehead atoms. The number of ether oxygens (including phenoxy) is 1. The third-order valence-corrected chi connectivity index (χ3v) is 2.50. The predicted octanol–water partition coefficient (Wildman–Crippen LogP) is 3.23. The van der Waals surface area contributed by atoms with Crippen LogP contribution in [-0.2, 0) is 4.74 Å². The molecular weight excluding hydrogens is 209 g/mol. The van der Waals surface area contributed by atoms with Gasteiger partial charge in [0.2, 0.25) is 0 Å². The lowest BCUT2D eigenvalue weighted by molar-refractivity contribution is 0.0272. The average Bonchev–Trinajstić information content (AvgIpc) is 2.18. The van der Waals surface area contributed by atoms with E-state index in [1.165, 1.54) is 6.82 Å². The van der Waals surface area contributed by atoms with Crippen LogP contribution in [0, 0.1) is 11.3 Å². The van der Waals surface area contributed by atoms with Gasteiger partial charge in [-0.05, 0) is 26.8 Å². The van der Waals surface area contributed by atoms with E-state index in [-0.39, 0.29) is 5.41 Å². The lowest BCUT2D eigenvalue weighted by atomic mass is 9.93. The number of hydrogen-bond donors (Lipinski definition) is 0. The minimum atomic E-state index is 0.244. The van der Waals surface area contributed by atoms with E-state index in [2.05, 4.69) is 61.3 Å². The van der Waals surface area contributed by atoms with Gasteiger partial charge in [0.1, 0.15) is 0 Å². The molecule has 0 N–H and O–H groups in total. The van der Waals surface area contributed by atoms with Gasteiger partial charge in [-0.25, -0.2) is 0 Å². The Morgan fingerprint density at radius 1 is 1.12 bits per heavy atom. The molecule has 17 heavy (non-hydrogen) atoms. The molecule has 0 aromatic heterocycles. The molecule has 0 saturated carbocycles. The molecule has 0 unspecified atom stereocenters. The molecule has 0 aromatic carbocycles. The maximum absolute atomic E-state index is 5.71. The summed E-state index contributed by atoms with van der Waals surface area (Å²) in [7, 11) is 6.68. The molecule has 102 valence electrons. The second-order valence-electron chi connectivity index (χ2n) is 6.08. The van der Waals surface area contributed by atoms with Crippen molar-refractivity contribution in [3.63, 3.8) is 0 Å². The smallest absolute Gasteiger partial charge is 0.0606 e. The largest absolute Gasteiger partial charge is 0.381 e. The van der Waals surface area contributed by atoms with Crippen molar-refractivity contribution in [3.8, 4) is 0 Å². The van der Waals surface area contributed by atoms with E-state index in [1.54, 1.807) is 0 Å². The molecule has 2 radical (unpaired) electrons. The normalized spacial score (nSPS) is 11.9. The molecule has 0 aliphatic rings. The van der Waals surface area contributed by atoms with Crippen LogP contribution in [-0.4, -0.2) is 45.6 Å². The second-order valence-corrected chi connectivity index (χ2v) is 6.08. The Hall–Kier alpha value is -0.0151. The van der Waals surface area contributed by atoms with Gasteiger partial charge in [-0.2, -0.15) is 0 Å². The number of rotatable bonds is 7. The Morgan fingerprint density at radius 3 is 1.94 bits per heavy atom. The lowest BCUT2D eigenvalue weighted by Crippen LogP contribution is -2.38. The van der Waals surface area contributed by atoms with Gasteiger partial charge in [0.15, 0.2) is 0 Å². The zero-order chi connectivity index (χ0) is 14.1. The molecule has 0 aliphatic heterocycles. The van der Waals surface area contributed by atoms with Crippen molar-refractivity contribution >= 4 is 7.85 Å². The standard InChI is InChI=1S/C13H29NO.CH3B/c1-11(2)8-15-10-13(5,6)9-14(7)12(3)4;1-2/h11-12H,8-10H2,1-7H3;1H3. The van der Waals surface area contributed by atoms with Gasteiger partial charge in [-0.3, -0.25) is 0 Å². The van der Waals surface area contributed by atoms with Crippen LogP contribution in [0.2, 0.25) is 6.82 Å². The van der Waals surface area contributed by atoms with Gasteiger partial charge >= 0.3 is 0 Å². The van der Waals surface area contributed by atoms with Crippen LogP contribution in [0.5, 0.6) is 0 Å². The van der Waals surface area contributed by atoms with Crippen molar-refractivity contribution in [2.75, 3.05) is 26.8 Å². The molecule has 0 aliphatic carbocycles. The van der Waals surface area contributed by atoms with E-state index < -0.39 is 0 Å². The van der Waals surface area contributed by atoms with Gasteiger partial charge < -0.3 is 9.64 Å². The van der Waals surface area contributed by atoms with Crippen LogP contribution in [0.1, 0.15) is 41.5 Å². The highest BCUT2D eigenvalue weighted by Crippen LogP contribution is 2.18. The first-order valence-electron chi connectivity index (χ1n) is 6.60. The molecule has 0 rings (SSSR count). The van der Waals surface area contributed by atoms with E-state index in [4.69, 9.17) is 4.74 Å². The predicted molar refractivity (Wildman–Crippen MR) is 78.8 cm³/mol. The van der Waals surface area contributed by atoms with E-state index in [9.17, 15) is 0 Å². The van der Waals surface area contributed by atoms with Crippen molar-refractivity contribution in [1.29, 1.82) is 0 Å². The summed E-state index contributed by atoms with van der Waals surface area (Å²) >= 11 is 0. The van der Waals surface area contributed by atoms with Crippen LogP contribution in [0.25, 0.3) is 0 Å². The maximum atomic E-state index is 5.71. The van der Waals surface area contributed by atoms with Gasteiger partial charge in [-0.1, -0.05) is 34.5 Å². The van der Waals surface area contributed by atoms with Crippen molar-refractivity contribution in [3.05, 3.63) is 0 Å². The SMILES string of the molecule is CC(C)COCC(C)(C)CN(C)C(C)C.[B]C. The fraction of sp³-hybridized carbons (Fsp3) is 1.00. The highest BCUT2D eigenvalue weighted by Gasteiger charge is 2.21. The maximum Gasteiger partial charge on any atom is 0.0606 e. The van der Waals surface area contributed by atoms with Gasteiger partial charge in [-0.15, -0.1) is 0 Å². The summed E-state index contributed by atoms with van der Waals surface area (Å²) in [5.74, 6) is 0.628. The average molecular weight is 241 g/mol. The Labute approximate surface area is 111 Å². The van der Waals surface area contributed by atoms with Crippen molar-refractivity contribution < 1.29 is 4.74 Å². The highest BCUT2D eigenvalue weighted by atomic mass is 16.5. The molecule has 0 amide bonds. The zero-order valence-corrected chi connectivity index (χ0v) is 13.2.